The van der Waals surface area contributed by atoms with Crippen LogP contribution in [0.15, 0.2) is 41.8 Å². The van der Waals surface area contributed by atoms with Crippen LogP contribution in [0.25, 0.3) is 0 Å². The number of fused-ring (bicyclic) bond motifs is 2. The number of carbonyl (C=O) groups is 4. The molecule has 1 N–H and O–H groups in total. The molecule has 1 aromatic carbocycles. The summed E-state index contributed by atoms with van der Waals surface area (Å²) >= 11 is 2.69. The Bertz CT molecular complexity index is 1180. The zero-order valence-corrected chi connectivity index (χ0v) is 17.8. The van der Waals surface area contributed by atoms with E-state index in [1.165, 1.54) is 22.7 Å². The number of amides is 4. The molecule has 5 rings (SSSR count). The molecule has 2 aliphatic rings. The molecule has 2 aromatic heterocycles. The van der Waals surface area contributed by atoms with Gasteiger partial charge < -0.3 is 4.90 Å². The summed E-state index contributed by atoms with van der Waals surface area (Å²) in [6.07, 6.45) is 0.550. The molecule has 0 bridgehead atoms. The minimum atomic E-state index is -0.442. The van der Waals surface area contributed by atoms with Crippen LogP contribution in [-0.4, -0.2) is 51.5 Å². The highest BCUT2D eigenvalue weighted by atomic mass is 32.1. The number of anilines is 1. The van der Waals surface area contributed by atoms with E-state index in [4.69, 9.17) is 0 Å². The van der Waals surface area contributed by atoms with Gasteiger partial charge in [0.1, 0.15) is 6.54 Å². The monoisotopic (exact) mass is 452 g/mol. The average molecular weight is 453 g/mol. The van der Waals surface area contributed by atoms with Gasteiger partial charge in [-0.1, -0.05) is 29.5 Å². The largest absolute Gasteiger partial charge is 0.336 e. The average Bonchev–Trinajstić information content (AvgIpc) is 3.49. The number of thiophene rings is 1. The van der Waals surface area contributed by atoms with Crippen LogP contribution in [-0.2, 0) is 17.8 Å². The van der Waals surface area contributed by atoms with Crippen LogP contribution in [0.4, 0.5) is 5.13 Å². The van der Waals surface area contributed by atoms with Crippen molar-refractivity contribution in [2.75, 3.05) is 18.4 Å². The van der Waals surface area contributed by atoms with Crippen LogP contribution >= 0.6 is 22.7 Å². The first-order chi connectivity index (χ1) is 15.0. The van der Waals surface area contributed by atoms with Crippen LogP contribution in [0.3, 0.4) is 0 Å². The summed E-state index contributed by atoms with van der Waals surface area (Å²) in [5.41, 5.74) is 1.51. The second-order valence-corrected chi connectivity index (χ2v) is 9.16. The van der Waals surface area contributed by atoms with Crippen molar-refractivity contribution in [2.24, 2.45) is 0 Å². The predicted octanol–water partition coefficient (Wildman–Crippen LogP) is 2.64. The minimum Gasteiger partial charge on any atom is -0.336 e. The lowest BCUT2D eigenvalue weighted by atomic mass is 10.1. The van der Waals surface area contributed by atoms with E-state index < -0.39 is 11.8 Å². The van der Waals surface area contributed by atoms with Crippen molar-refractivity contribution in [1.82, 2.24) is 14.8 Å². The summed E-state index contributed by atoms with van der Waals surface area (Å²) in [6.45, 7) is 0.489. The van der Waals surface area contributed by atoms with Crippen LogP contribution in [0, 0.1) is 0 Å². The summed E-state index contributed by atoms with van der Waals surface area (Å²) in [4.78, 5) is 58.7. The Hall–Kier alpha value is -3.37. The van der Waals surface area contributed by atoms with Gasteiger partial charge in [-0.15, -0.1) is 11.3 Å². The number of hydrogen-bond acceptors (Lipinski definition) is 7. The van der Waals surface area contributed by atoms with E-state index in [1.807, 2.05) is 11.4 Å². The number of rotatable bonds is 4. The molecule has 2 aliphatic heterocycles. The number of nitrogens with one attached hydrogen (secondary N) is 1. The molecule has 0 spiro atoms. The molecule has 0 unspecified atom stereocenters. The van der Waals surface area contributed by atoms with Gasteiger partial charge in [0.25, 0.3) is 17.7 Å². The van der Waals surface area contributed by atoms with Gasteiger partial charge in [0.2, 0.25) is 5.91 Å². The third-order valence-corrected chi connectivity index (χ3v) is 7.09. The number of benzene rings is 1. The van der Waals surface area contributed by atoms with E-state index in [1.54, 1.807) is 35.2 Å². The molecule has 0 saturated carbocycles. The Labute approximate surface area is 185 Å². The van der Waals surface area contributed by atoms with Gasteiger partial charge in [-0.2, -0.15) is 0 Å². The number of imide groups is 1. The molecule has 0 atom stereocenters. The molecule has 156 valence electrons. The summed E-state index contributed by atoms with van der Waals surface area (Å²) < 4.78 is 0. The first-order valence-corrected chi connectivity index (χ1v) is 11.3. The summed E-state index contributed by atoms with van der Waals surface area (Å²) in [7, 11) is 0. The topological polar surface area (TPSA) is 99.7 Å². The maximum absolute atomic E-state index is 12.8. The Balaban J connectivity index is 1.25. The van der Waals surface area contributed by atoms with Gasteiger partial charge in [0.05, 0.1) is 28.2 Å². The molecule has 4 amide bonds. The van der Waals surface area contributed by atoms with E-state index in [9.17, 15) is 19.2 Å². The lowest BCUT2D eigenvalue weighted by Gasteiger charge is -2.27. The van der Waals surface area contributed by atoms with E-state index in [0.717, 1.165) is 15.5 Å². The summed E-state index contributed by atoms with van der Waals surface area (Å²) in [5, 5.41) is 5.14. The number of thiazole rings is 1. The van der Waals surface area contributed by atoms with Crippen molar-refractivity contribution in [3.63, 3.8) is 0 Å². The molecule has 0 fully saturated rings. The summed E-state index contributed by atoms with van der Waals surface area (Å²) in [5.74, 6) is -1.39. The van der Waals surface area contributed by atoms with Crippen molar-refractivity contribution < 1.29 is 19.2 Å². The smallest absolute Gasteiger partial charge is 0.267 e. The first kappa shape index (κ1) is 19.6. The predicted molar refractivity (Wildman–Crippen MR) is 115 cm³/mol. The Morgan fingerprint density at radius 3 is 2.48 bits per heavy atom. The number of nitrogens with zero attached hydrogens (tertiary/aromatic N) is 3. The van der Waals surface area contributed by atoms with Crippen LogP contribution in [0.1, 0.15) is 41.0 Å². The zero-order chi connectivity index (χ0) is 21.5. The molecule has 10 heteroatoms. The third kappa shape index (κ3) is 3.53. The standard InChI is InChI=1S/C21H16N4O4S2/c26-17(11-25-19(28)12-4-1-2-5-13(12)20(25)29)24-8-7-14-16(10-24)31-21(22-14)23-18(27)15-6-3-9-30-15/h1-6,9H,7-8,10-11H2,(H,22,23,27). The highest BCUT2D eigenvalue weighted by molar-refractivity contribution is 7.16. The second-order valence-electron chi connectivity index (χ2n) is 7.13. The highest BCUT2D eigenvalue weighted by Crippen LogP contribution is 2.29. The van der Waals surface area contributed by atoms with Gasteiger partial charge in [-0.3, -0.25) is 29.4 Å². The summed E-state index contributed by atoms with van der Waals surface area (Å²) in [6, 6.07) is 10.1. The van der Waals surface area contributed by atoms with Gasteiger partial charge in [-0.05, 0) is 23.6 Å². The van der Waals surface area contributed by atoms with E-state index in [2.05, 4.69) is 10.3 Å². The molecule has 31 heavy (non-hydrogen) atoms. The van der Waals surface area contributed by atoms with Gasteiger partial charge in [0, 0.05) is 17.8 Å². The normalized spacial score (nSPS) is 15.1. The van der Waals surface area contributed by atoms with Crippen molar-refractivity contribution >= 4 is 51.4 Å². The fraction of sp³-hybridized carbons (Fsp3) is 0.190. The number of hydrogen-bond donors (Lipinski definition) is 1. The van der Waals surface area contributed by atoms with Crippen LogP contribution in [0.2, 0.25) is 0 Å². The van der Waals surface area contributed by atoms with E-state index in [0.29, 0.717) is 40.6 Å². The highest BCUT2D eigenvalue weighted by Gasteiger charge is 2.37. The molecular weight excluding hydrogens is 436 g/mol. The second kappa shape index (κ2) is 7.71. The first-order valence-electron chi connectivity index (χ1n) is 9.57. The van der Waals surface area contributed by atoms with Crippen molar-refractivity contribution in [3.8, 4) is 0 Å². The van der Waals surface area contributed by atoms with Gasteiger partial charge in [0.15, 0.2) is 5.13 Å². The Kier molecular flexibility index (Phi) is 4.87. The van der Waals surface area contributed by atoms with Crippen molar-refractivity contribution in [3.05, 3.63) is 68.4 Å². The minimum absolute atomic E-state index is 0.209. The molecule has 0 saturated heterocycles. The van der Waals surface area contributed by atoms with E-state index in [-0.39, 0.29) is 18.4 Å². The van der Waals surface area contributed by atoms with Gasteiger partial charge in [-0.25, -0.2) is 4.98 Å². The fourth-order valence-corrected chi connectivity index (χ4v) is 5.28. The van der Waals surface area contributed by atoms with Crippen LogP contribution in [0.5, 0.6) is 0 Å². The lowest BCUT2D eigenvalue weighted by molar-refractivity contribution is -0.132. The van der Waals surface area contributed by atoms with Crippen molar-refractivity contribution in [1.29, 1.82) is 0 Å². The van der Waals surface area contributed by atoms with Crippen molar-refractivity contribution in [2.45, 2.75) is 13.0 Å². The SMILES string of the molecule is O=C(Nc1nc2c(s1)CN(C(=O)CN1C(=O)c3ccccc3C1=O)CC2)c1cccs1. The molecule has 0 radical (unpaired) electrons. The molecule has 8 nitrogen and oxygen atoms in total. The fourth-order valence-electron chi connectivity index (χ4n) is 3.65. The maximum Gasteiger partial charge on any atom is 0.267 e. The molecule has 3 aromatic rings. The lowest BCUT2D eigenvalue weighted by Crippen LogP contribution is -2.44. The Morgan fingerprint density at radius 2 is 1.81 bits per heavy atom. The number of aromatic nitrogens is 1. The van der Waals surface area contributed by atoms with E-state index >= 15 is 0 Å². The zero-order valence-electron chi connectivity index (χ0n) is 16.2. The third-order valence-electron chi connectivity index (χ3n) is 5.22. The molecule has 4 heterocycles. The maximum atomic E-state index is 12.8. The number of carbonyl (C=O) groups excluding carboxylic acids is 4. The quantitative estimate of drug-likeness (QED) is 0.614. The van der Waals surface area contributed by atoms with Gasteiger partial charge >= 0.3 is 0 Å². The molecule has 0 aliphatic carbocycles. The Morgan fingerprint density at radius 1 is 1.06 bits per heavy atom. The van der Waals surface area contributed by atoms with Crippen LogP contribution < -0.4 is 5.32 Å². The molecular formula is C21H16N4O4S2.